The highest BCUT2D eigenvalue weighted by atomic mass is 16.6. The van der Waals surface area contributed by atoms with E-state index < -0.39 is 23.7 Å². The number of ether oxygens (including phenoxy) is 2. The van der Waals surface area contributed by atoms with Crippen LogP contribution in [0.3, 0.4) is 0 Å². The molecular weight excluding hydrogens is 430 g/mol. The first-order valence-corrected chi connectivity index (χ1v) is 11.4. The van der Waals surface area contributed by atoms with Crippen LogP contribution in [0.15, 0.2) is 67.3 Å². The van der Waals surface area contributed by atoms with E-state index in [0.717, 1.165) is 27.8 Å². The highest BCUT2D eigenvalue weighted by molar-refractivity contribution is 5.82. The van der Waals surface area contributed by atoms with E-state index in [9.17, 15) is 9.59 Å². The molecule has 0 radical (unpaired) electrons. The molecule has 34 heavy (non-hydrogen) atoms. The van der Waals surface area contributed by atoms with Crippen molar-refractivity contribution in [1.82, 2.24) is 15.3 Å². The summed E-state index contributed by atoms with van der Waals surface area (Å²) >= 11 is 0. The number of aryl methyl sites for hydroxylation is 1. The number of benzene rings is 2. The molecule has 0 saturated carbocycles. The van der Waals surface area contributed by atoms with Gasteiger partial charge in [0.05, 0.1) is 0 Å². The molecule has 2 aromatic carbocycles. The van der Waals surface area contributed by atoms with Gasteiger partial charge in [0.15, 0.2) is 0 Å². The molecule has 1 amide bonds. The quantitative estimate of drug-likeness (QED) is 0.517. The summed E-state index contributed by atoms with van der Waals surface area (Å²) < 4.78 is 11.1. The summed E-state index contributed by atoms with van der Waals surface area (Å²) in [5.41, 5.74) is 4.76. The summed E-state index contributed by atoms with van der Waals surface area (Å²) in [6.45, 7) is 5.55. The Hall–Kier alpha value is -3.74. The average Bonchev–Trinajstić information content (AvgIpc) is 3.13. The van der Waals surface area contributed by atoms with Crippen molar-refractivity contribution in [3.05, 3.63) is 83.9 Å². The van der Waals surface area contributed by atoms with Gasteiger partial charge < -0.3 is 14.8 Å². The van der Waals surface area contributed by atoms with Crippen LogP contribution >= 0.6 is 0 Å². The minimum absolute atomic E-state index is 0.0559. The third kappa shape index (κ3) is 5.60. The fourth-order valence-electron chi connectivity index (χ4n) is 4.17. The molecule has 0 spiro atoms. The second-order valence-corrected chi connectivity index (χ2v) is 9.34. The average molecular weight is 460 g/mol. The molecule has 0 fully saturated rings. The van der Waals surface area contributed by atoms with Crippen LogP contribution in [-0.2, 0) is 20.7 Å². The monoisotopic (exact) mass is 459 g/mol. The maximum atomic E-state index is 12.8. The molecule has 1 N–H and O–H groups in total. The van der Waals surface area contributed by atoms with Gasteiger partial charge in [-0.2, -0.15) is 0 Å². The number of fused-ring (bicyclic) bond motifs is 3. The van der Waals surface area contributed by atoms with Crippen LogP contribution in [0.1, 0.15) is 49.8 Å². The Kier molecular flexibility index (Phi) is 6.91. The first-order valence-electron chi connectivity index (χ1n) is 11.4. The number of nitrogens with one attached hydrogen (secondary N) is 1. The number of nitrogens with zero attached hydrogens (tertiary/aromatic N) is 2. The second kappa shape index (κ2) is 10.0. The van der Waals surface area contributed by atoms with Gasteiger partial charge in [-0.05, 0) is 61.4 Å². The summed E-state index contributed by atoms with van der Waals surface area (Å²) in [5.74, 6) is -0.558. The molecule has 1 aliphatic rings. The van der Waals surface area contributed by atoms with E-state index in [-0.39, 0.29) is 12.5 Å². The molecule has 0 saturated heterocycles. The number of hydrogen-bond acceptors (Lipinski definition) is 6. The van der Waals surface area contributed by atoms with Gasteiger partial charge in [-0.3, -0.25) is 0 Å². The van der Waals surface area contributed by atoms with Crippen molar-refractivity contribution in [2.45, 2.75) is 51.2 Å². The van der Waals surface area contributed by atoms with Crippen LogP contribution in [0.2, 0.25) is 0 Å². The van der Waals surface area contributed by atoms with Gasteiger partial charge in [-0.15, -0.1) is 0 Å². The first-order chi connectivity index (χ1) is 16.3. The molecule has 4 rings (SSSR count). The molecule has 7 nitrogen and oxygen atoms in total. The Bertz CT molecular complexity index is 1110. The molecule has 1 aromatic heterocycles. The number of aromatic nitrogens is 2. The molecule has 1 aliphatic carbocycles. The van der Waals surface area contributed by atoms with Gasteiger partial charge in [0.2, 0.25) is 0 Å². The van der Waals surface area contributed by atoms with Gasteiger partial charge in [-0.1, -0.05) is 48.5 Å². The van der Waals surface area contributed by atoms with E-state index >= 15 is 0 Å². The number of amides is 1. The molecular formula is C27H29N3O4. The lowest BCUT2D eigenvalue weighted by Gasteiger charge is -2.24. The topological polar surface area (TPSA) is 90.4 Å². The van der Waals surface area contributed by atoms with Gasteiger partial charge in [0.25, 0.3) is 0 Å². The normalized spacial score (nSPS) is 13.5. The van der Waals surface area contributed by atoms with Crippen molar-refractivity contribution >= 4 is 12.1 Å². The lowest BCUT2D eigenvalue weighted by Crippen LogP contribution is -2.45. The van der Waals surface area contributed by atoms with Crippen molar-refractivity contribution in [2.24, 2.45) is 0 Å². The third-order valence-corrected chi connectivity index (χ3v) is 5.66. The highest BCUT2D eigenvalue weighted by Crippen LogP contribution is 2.44. The zero-order valence-corrected chi connectivity index (χ0v) is 19.7. The van der Waals surface area contributed by atoms with Crippen LogP contribution in [0.5, 0.6) is 0 Å². The summed E-state index contributed by atoms with van der Waals surface area (Å²) in [4.78, 5) is 33.5. The van der Waals surface area contributed by atoms with E-state index in [1.807, 2.05) is 24.3 Å². The molecule has 176 valence electrons. The molecule has 7 heteroatoms. The number of carbonyl (C=O) groups is 2. The summed E-state index contributed by atoms with van der Waals surface area (Å²) in [7, 11) is 0. The SMILES string of the molecule is CC(C)(C)OC(=O)C(CCc1cncnc1)NC(=O)OCC1c2ccccc2-c2ccccc21. The number of hydrogen-bond donors (Lipinski definition) is 1. The van der Waals surface area contributed by atoms with E-state index in [2.05, 4.69) is 39.6 Å². The zero-order valence-electron chi connectivity index (χ0n) is 19.7. The van der Waals surface area contributed by atoms with Crippen LogP contribution in [0.4, 0.5) is 4.79 Å². The number of alkyl carbamates (subject to hydrolysis) is 1. The van der Waals surface area contributed by atoms with Crippen molar-refractivity contribution in [3.8, 4) is 11.1 Å². The molecule has 0 aliphatic heterocycles. The van der Waals surface area contributed by atoms with Gasteiger partial charge in [0, 0.05) is 18.3 Å². The van der Waals surface area contributed by atoms with Crippen LogP contribution in [0, 0.1) is 0 Å². The smallest absolute Gasteiger partial charge is 0.407 e. The number of carbonyl (C=O) groups excluding carboxylic acids is 2. The Morgan fingerprint density at radius 3 is 2.15 bits per heavy atom. The highest BCUT2D eigenvalue weighted by Gasteiger charge is 2.31. The summed E-state index contributed by atoms with van der Waals surface area (Å²) in [6, 6.07) is 15.4. The molecule has 1 heterocycles. The van der Waals surface area contributed by atoms with E-state index in [1.165, 1.54) is 6.33 Å². The number of rotatable bonds is 7. The van der Waals surface area contributed by atoms with Crippen LogP contribution in [0.25, 0.3) is 11.1 Å². The predicted molar refractivity (Wildman–Crippen MR) is 128 cm³/mol. The fraction of sp³-hybridized carbons (Fsp3) is 0.333. The molecule has 3 aromatic rings. The third-order valence-electron chi connectivity index (χ3n) is 5.66. The maximum Gasteiger partial charge on any atom is 0.407 e. The van der Waals surface area contributed by atoms with Crippen molar-refractivity contribution < 1.29 is 19.1 Å². The Balaban J connectivity index is 1.43. The van der Waals surface area contributed by atoms with E-state index in [4.69, 9.17) is 9.47 Å². The van der Waals surface area contributed by atoms with E-state index in [0.29, 0.717) is 12.8 Å². The first kappa shape index (κ1) is 23.4. The summed E-state index contributed by atoms with van der Waals surface area (Å²) in [6.07, 6.45) is 5.02. The minimum Gasteiger partial charge on any atom is -0.458 e. The largest absolute Gasteiger partial charge is 0.458 e. The lowest BCUT2D eigenvalue weighted by molar-refractivity contribution is -0.157. The van der Waals surface area contributed by atoms with Crippen molar-refractivity contribution in [3.63, 3.8) is 0 Å². The second-order valence-electron chi connectivity index (χ2n) is 9.34. The predicted octanol–water partition coefficient (Wildman–Crippen LogP) is 4.66. The van der Waals surface area contributed by atoms with Crippen molar-refractivity contribution in [2.75, 3.05) is 6.61 Å². The Morgan fingerprint density at radius 1 is 0.971 bits per heavy atom. The zero-order chi connectivity index (χ0) is 24.1. The molecule has 1 unspecified atom stereocenters. The maximum absolute atomic E-state index is 12.8. The minimum atomic E-state index is -0.852. The van der Waals surface area contributed by atoms with E-state index in [1.54, 1.807) is 33.2 Å². The standard InChI is InChI=1S/C27H29N3O4/c1-27(2,3)34-25(31)24(13-12-18-14-28-17-29-15-18)30-26(32)33-16-23-21-10-6-4-8-19(21)20-9-5-7-11-22(20)23/h4-11,14-15,17,23-24H,12-13,16H2,1-3H3,(H,30,32). The Morgan fingerprint density at radius 2 is 1.56 bits per heavy atom. The lowest BCUT2D eigenvalue weighted by atomic mass is 9.98. The van der Waals surface area contributed by atoms with Crippen molar-refractivity contribution in [1.29, 1.82) is 0 Å². The molecule has 1 atom stereocenters. The van der Waals surface area contributed by atoms with Crippen LogP contribution < -0.4 is 5.32 Å². The van der Waals surface area contributed by atoms with Crippen LogP contribution in [-0.4, -0.2) is 40.3 Å². The fourth-order valence-corrected chi connectivity index (χ4v) is 4.17. The Labute approximate surface area is 199 Å². The van der Waals surface area contributed by atoms with Gasteiger partial charge in [0.1, 0.15) is 24.6 Å². The number of esters is 1. The van der Waals surface area contributed by atoms with Gasteiger partial charge >= 0.3 is 12.1 Å². The van der Waals surface area contributed by atoms with Gasteiger partial charge in [-0.25, -0.2) is 19.6 Å². The summed E-state index contributed by atoms with van der Waals surface area (Å²) in [5, 5.41) is 2.71. The molecule has 0 bridgehead atoms.